The van der Waals surface area contributed by atoms with E-state index in [1.165, 1.54) is 0 Å². The van der Waals surface area contributed by atoms with E-state index in [4.69, 9.17) is 11.6 Å². The Bertz CT molecular complexity index is 563. The standard InChI is InChI=1S/C16H18ClOP/c1-2-3-13-19(18,15-7-5-4-6-8-15)16-11-9-14(17)10-12-16/h4-12H,2-3,13H2,1H3. The third kappa shape index (κ3) is 3.29. The Morgan fingerprint density at radius 1 is 0.947 bits per heavy atom. The third-order valence-electron chi connectivity index (χ3n) is 3.24. The number of benzene rings is 2. The minimum Gasteiger partial charge on any atom is -0.314 e. The van der Waals surface area contributed by atoms with E-state index < -0.39 is 7.14 Å². The van der Waals surface area contributed by atoms with Crippen molar-refractivity contribution < 1.29 is 4.57 Å². The van der Waals surface area contributed by atoms with Crippen LogP contribution in [0.3, 0.4) is 0 Å². The Hall–Kier alpha value is -1.04. The van der Waals surface area contributed by atoms with Gasteiger partial charge in [0.25, 0.3) is 0 Å². The van der Waals surface area contributed by atoms with Crippen LogP contribution in [0.15, 0.2) is 54.6 Å². The molecule has 0 amide bonds. The number of rotatable bonds is 5. The average Bonchev–Trinajstić information content (AvgIpc) is 2.46. The second-order valence-electron chi connectivity index (χ2n) is 4.63. The van der Waals surface area contributed by atoms with E-state index in [1.54, 1.807) is 0 Å². The van der Waals surface area contributed by atoms with Gasteiger partial charge in [-0.15, -0.1) is 0 Å². The molecule has 3 heteroatoms. The molecule has 0 aliphatic heterocycles. The molecule has 100 valence electrons. The average molecular weight is 293 g/mol. The minimum absolute atomic E-state index is 0.679. The molecule has 0 N–H and O–H groups in total. The molecule has 0 heterocycles. The summed E-state index contributed by atoms with van der Waals surface area (Å²) in [6.45, 7) is 2.12. The van der Waals surface area contributed by atoms with E-state index in [2.05, 4.69) is 6.92 Å². The largest absolute Gasteiger partial charge is 0.314 e. The van der Waals surface area contributed by atoms with Crippen LogP contribution in [0, 0.1) is 0 Å². The highest BCUT2D eigenvalue weighted by Gasteiger charge is 2.26. The molecule has 0 radical (unpaired) electrons. The number of halogens is 1. The van der Waals surface area contributed by atoms with Gasteiger partial charge in [0.2, 0.25) is 0 Å². The monoisotopic (exact) mass is 292 g/mol. The fraction of sp³-hybridized carbons (Fsp3) is 0.250. The van der Waals surface area contributed by atoms with Crippen LogP contribution in [0.25, 0.3) is 0 Å². The van der Waals surface area contributed by atoms with Crippen LogP contribution in [0.4, 0.5) is 0 Å². The molecule has 1 atom stereocenters. The zero-order chi connectivity index (χ0) is 13.7. The zero-order valence-corrected chi connectivity index (χ0v) is 12.7. The molecule has 0 bridgehead atoms. The van der Waals surface area contributed by atoms with Gasteiger partial charge in [-0.05, 0) is 30.7 Å². The Morgan fingerprint density at radius 3 is 2.11 bits per heavy atom. The molecule has 19 heavy (non-hydrogen) atoms. The quantitative estimate of drug-likeness (QED) is 0.744. The van der Waals surface area contributed by atoms with Crippen LogP contribution in [0.1, 0.15) is 19.8 Å². The number of hydrogen-bond acceptors (Lipinski definition) is 1. The molecule has 1 nitrogen and oxygen atoms in total. The lowest BCUT2D eigenvalue weighted by molar-refractivity contribution is 0.585. The Labute approximate surface area is 120 Å². The fourth-order valence-electron chi connectivity index (χ4n) is 2.14. The predicted octanol–water partition coefficient (Wildman–Crippen LogP) is 4.45. The molecule has 0 aliphatic carbocycles. The summed E-state index contributed by atoms with van der Waals surface area (Å²) in [6, 6.07) is 17.2. The van der Waals surface area contributed by atoms with E-state index in [0.717, 1.165) is 29.6 Å². The molecule has 0 spiro atoms. The lowest BCUT2D eigenvalue weighted by Gasteiger charge is -2.19. The Morgan fingerprint density at radius 2 is 1.53 bits per heavy atom. The van der Waals surface area contributed by atoms with Gasteiger partial charge in [-0.2, -0.15) is 0 Å². The van der Waals surface area contributed by atoms with E-state index in [1.807, 2.05) is 54.6 Å². The van der Waals surface area contributed by atoms with E-state index in [-0.39, 0.29) is 0 Å². The predicted molar refractivity (Wildman–Crippen MR) is 84.5 cm³/mol. The summed E-state index contributed by atoms with van der Waals surface area (Å²) in [6.07, 6.45) is 2.73. The number of unbranched alkanes of at least 4 members (excludes halogenated alkanes) is 1. The van der Waals surface area contributed by atoms with Crippen molar-refractivity contribution in [2.45, 2.75) is 19.8 Å². The van der Waals surface area contributed by atoms with Crippen LogP contribution in [-0.4, -0.2) is 6.16 Å². The van der Waals surface area contributed by atoms with Crippen LogP contribution in [0.2, 0.25) is 5.02 Å². The Kier molecular flexibility index (Phi) is 4.85. The summed E-state index contributed by atoms with van der Waals surface area (Å²) < 4.78 is 13.4. The van der Waals surface area contributed by atoms with Crippen molar-refractivity contribution in [2.24, 2.45) is 0 Å². The fourth-order valence-corrected chi connectivity index (χ4v) is 5.13. The Balaban J connectivity index is 2.46. The van der Waals surface area contributed by atoms with Gasteiger partial charge >= 0.3 is 0 Å². The molecule has 2 rings (SSSR count). The van der Waals surface area contributed by atoms with Crippen LogP contribution < -0.4 is 10.6 Å². The SMILES string of the molecule is CCCCP(=O)(c1ccccc1)c1ccc(Cl)cc1. The summed E-state index contributed by atoms with van der Waals surface area (Å²) in [5.74, 6) is 0. The molecule has 0 aliphatic rings. The zero-order valence-electron chi connectivity index (χ0n) is 11.1. The second-order valence-corrected chi connectivity index (χ2v) is 8.02. The third-order valence-corrected chi connectivity index (χ3v) is 6.71. The molecule has 0 fully saturated rings. The first-order valence-corrected chi connectivity index (χ1v) is 8.84. The molecule has 0 aromatic heterocycles. The van der Waals surface area contributed by atoms with Crippen LogP contribution in [-0.2, 0) is 4.57 Å². The molecule has 2 aromatic carbocycles. The lowest BCUT2D eigenvalue weighted by atomic mass is 10.4. The topological polar surface area (TPSA) is 17.1 Å². The van der Waals surface area contributed by atoms with Crippen molar-refractivity contribution in [3.8, 4) is 0 Å². The van der Waals surface area contributed by atoms with Crippen LogP contribution >= 0.6 is 18.7 Å². The van der Waals surface area contributed by atoms with E-state index in [9.17, 15) is 4.57 Å². The first-order valence-electron chi connectivity index (χ1n) is 6.57. The van der Waals surface area contributed by atoms with Crippen molar-refractivity contribution >= 4 is 29.4 Å². The van der Waals surface area contributed by atoms with Crippen molar-refractivity contribution in [3.63, 3.8) is 0 Å². The lowest BCUT2D eigenvalue weighted by Crippen LogP contribution is -2.18. The van der Waals surface area contributed by atoms with Gasteiger partial charge in [-0.25, -0.2) is 0 Å². The number of hydrogen-bond donors (Lipinski definition) is 0. The van der Waals surface area contributed by atoms with E-state index in [0.29, 0.717) is 5.02 Å². The molecule has 0 saturated heterocycles. The first kappa shape index (κ1) is 14.4. The maximum Gasteiger partial charge on any atom is 0.143 e. The van der Waals surface area contributed by atoms with Gasteiger partial charge in [-0.1, -0.05) is 55.3 Å². The smallest absolute Gasteiger partial charge is 0.143 e. The maximum atomic E-state index is 13.4. The second kappa shape index (κ2) is 6.41. The van der Waals surface area contributed by atoms with Gasteiger partial charge in [0, 0.05) is 21.8 Å². The maximum absolute atomic E-state index is 13.4. The van der Waals surface area contributed by atoms with Gasteiger partial charge in [0.15, 0.2) is 0 Å². The first-order chi connectivity index (χ1) is 9.16. The van der Waals surface area contributed by atoms with Gasteiger partial charge in [0.1, 0.15) is 7.14 Å². The van der Waals surface area contributed by atoms with Crippen molar-refractivity contribution in [1.82, 2.24) is 0 Å². The van der Waals surface area contributed by atoms with E-state index >= 15 is 0 Å². The molecule has 1 unspecified atom stereocenters. The minimum atomic E-state index is -2.52. The van der Waals surface area contributed by atoms with Crippen molar-refractivity contribution in [2.75, 3.05) is 6.16 Å². The highest BCUT2D eigenvalue weighted by Crippen LogP contribution is 2.44. The summed E-state index contributed by atoms with van der Waals surface area (Å²) in [5.41, 5.74) is 0. The van der Waals surface area contributed by atoms with Crippen LogP contribution in [0.5, 0.6) is 0 Å². The normalized spacial score (nSPS) is 14.0. The van der Waals surface area contributed by atoms with Crippen molar-refractivity contribution in [3.05, 3.63) is 59.6 Å². The highest BCUT2D eigenvalue weighted by molar-refractivity contribution is 7.78. The highest BCUT2D eigenvalue weighted by atomic mass is 35.5. The summed E-state index contributed by atoms with van der Waals surface area (Å²) in [4.78, 5) is 0. The van der Waals surface area contributed by atoms with Gasteiger partial charge in [-0.3, -0.25) is 0 Å². The molecule has 0 saturated carbocycles. The molecule has 2 aromatic rings. The summed E-state index contributed by atoms with van der Waals surface area (Å²) >= 11 is 5.92. The van der Waals surface area contributed by atoms with Gasteiger partial charge < -0.3 is 4.57 Å². The van der Waals surface area contributed by atoms with Crippen molar-refractivity contribution in [1.29, 1.82) is 0 Å². The molecular formula is C16H18ClOP. The molecular weight excluding hydrogens is 275 g/mol. The van der Waals surface area contributed by atoms with Gasteiger partial charge in [0.05, 0.1) is 0 Å². The summed E-state index contributed by atoms with van der Waals surface area (Å²) in [5, 5.41) is 2.51. The summed E-state index contributed by atoms with van der Waals surface area (Å²) in [7, 11) is -2.52.